The normalized spacial score (nSPS) is 13.7. The maximum atomic E-state index is 4.17. The van der Waals surface area contributed by atoms with Crippen LogP contribution in [0.1, 0.15) is 26.0 Å². The first kappa shape index (κ1) is 10.4. The first-order valence-corrected chi connectivity index (χ1v) is 5.57. The summed E-state index contributed by atoms with van der Waals surface area (Å²) < 4.78 is 0. The van der Waals surface area contributed by atoms with Gasteiger partial charge in [0.25, 0.3) is 0 Å². The summed E-state index contributed by atoms with van der Waals surface area (Å²) in [4.78, 5) is 4.17. The zero-order chi connectivity index (χ0) is 9.52. The minimum Gasteiger partial charge on any atom is -0.311 e. The molecule has 1 N–H and O–H groups in total. The maximum Gasteiger partial charge on any atom is 0.0798 e. The van der Waals surface area contributed by atoms with E-state index >= 15 is 0 Å². The topological polar surface area (TPSA) is 24.9 Å². The molecule has 0 saturated heterocycles. The molecule has 1 aromatic heterocycles. The van der Waals surface area contributed by atoms with Gasteiger partial charge in [-0.15, -0.1) is 11.3 Å². The number of rotatable bonds is 5. The van der Waals surface area contributed by atoms with Crippen LogP contribution in [0.25, 0.3) is 6.08 Å². The Morgan fingerprint density at radius 2 is 2.54 bits per heavy atom. The molecule has 0 fully saturated rings. The Morgan fingerprint density at radius 1 is 1.69 bits per heavy atom. The monoisotopic (exact) mass is 196 g/mol. The number of hydrogen-bond acceptors (Lipinski definition) is 3. The summed E-state index contributed by atoms with van der Waals surface area (Å²) in [6, 6.07) is 0.432. The minimum absolute atomic E-state index is 0.432. The highest BCUT2D eigenvalue weighted by atomic mass is 32.1. The quantitative estimate of drug-likeness (QED) is 0.783. The molecular formula is C10H16N2S. The van der Waals surface area contributed by atoms with Crippen molar-refractivity contribution in [3.8, 4) is 0 Å². The van der Waals surface area contributed by atoms with Crippen LogP contribution in [0.15, 0.2) is 17.0 Å². The lowest BCUT2D eigenvalue weighted by Gasteiger charge is -2.06. The number of nitrogens with zero attached hydrogens (tertiary/aromatic N) is 1. The molecule has 1 aromatic rings. The van der Waals surface area contributed by atoms with E-state index in [2.05, 4.69) is 36.3 Å². The van der Waals surface area contributed by atoms with Crippen LogP contribution < -0.4 is 5.32 Å². The van der Waals surface area contributed by atoms with Crippen molar-refractivity contribution in [3.63, 3.8) is 0 Å². The molecule has 0 aliphatic rings. The summed E-state index contributed by atoms with van der Waals surface area (Å²) in [5, 5.41) is 5.43. The molecule has 13 heavy (non-hydrogen) atoms. The second-order valence-electron chi connectivity index (χ2n) is 3.02. The second-order valence-corrected chi connectivity index (χ2v) is 3.73. The third kappa shape index (κ3) is 4.20. The molecule has 1 unspecified atom stereocenters. The fourth-order valence-corrected chi connectivity index (χ4v) is 1.51. The van der Waals surface area contributed by atoms with Crippen LogP contribution in [-0.4, -0.2) is 17.6 Å². The van der Waals surface area contributed by atoms with E-state index in [9.17, 15) is 0 Å². The van der Waals surface area contributed by atoms with Gasteiger partial charge in [-0.3, -0.25) is 0 Å². The molecule has 0 radical (unpaired) electrons. The van der Waals surface area contributed by atoms with Crippen molar-refractivity contribution in [2.45, 2.75) is 26.3 Å². The molecule has 1 atom stereocenters. The van der Waals surface area contributed by atoms with Crippen LogP contribution in [0.3, 0.4) is 0 Å². The Hall–Kier alpha value is -0.670. The Bertz CT molecular complexity index is 241. The van der Waals surface area contributed by atoms with E-state index in [1.807, 2.05) is 10.9 Å². The van der Waals surface area contributed by atoms with Gasteiger partial charge in [-0.1, -0.05) is 13.0 Å². The van der Waals surface area contributed by atoms with Crippen molar-refractivity contribution in [2.75, 3.05) is 6.54 Å². The average Bonchev–Trinajstić information content (AvgIpc) is 2.64. The molecule has 0 aliphatic carbocycles. The van der Waals surface area contributed by atoms with Gasteiger partial charge in [0, 0.05) is 11.4 Å². The number of nitrogens with one attached hydrogen (secondary N) is 1. The van der Waals surface area contributed by atoms with E-state index in [-0.39, 0.29) is 0 Å². The Labute approximate surface area is 83.7 Å². The summed E-state index contributed by atoms with van der Waals surface area (Å²) in [7, 11) is 0. The van der Waals surface area contributed by atoms with Gasteiger partial charge < -0.3 is 5.32 Å². The summed E-state index contributed by atoms with van der Waals surface area (Å²) in [5.74, 6) is 0. The van der Waals surface area contributed by atoms with Gasteiger partial charge in [-0.2, -0.15) is 0 Å². The van der Waals surface area contributed by atoms with Crippen molar-refractivity contribution in [2.24, 2.45) is 0 Å². The zero-order valence-corrected chi connectivity index (χ0v) is 8.97. The smallest absolute Gasteiger partial charge is 0.0798 e. The molecule has 0 aromatic carbocycles. The van der Waals surface area contributed by atoms with Crippen molar-refractivity contribution in [3.05, 3.63) is 22.7 Å². The highest BCUT2D eigenvalue weighted by Crippen LogP contribution is 2.03. The van der Waals surface area contributed by atoms with Crippen LogP contribution in [0.4, 0.5) is 0 Å². The Kier molecular flexibility index (Phi) is 4.72. The molecule has 0 bridgehead atoms. The molecule has 0 saturated carbocycles. The molecule has 72 valence electrons. The molecule has 0 aliphatic heterocycles. The molecule has 0 amide bonds. The summed E-state index contributed by atoms with van der Waals surface area (Å²) in [6.07, 6.45) is 5.38. The van der Waals surface area contributed by atoms with Gasteiger partial charge in [0.15, 0.2) is 0 Å². The van der Waals surface area contributed by atoms with Gasteiger partial charge in [0.1, 0.15) is 0 Å². The van der Waals surface area contributed by atoms with Gasteiger partial charge in [0.05, 0.1) is 11.2 Å². The molecule has 1 rings (SSSR count). The third-order valence-electron chi connectivity index (χ3n) is 1.72. The van der Waals surface area contributed by atoms with Gasteiger partial charge in [-0.05, 0) is 26.0 Å². The molecule has 0 spiro atoms. The van der Waals surface area contributed by atoms with Crippen LogP contribution in [0.2, 0.25) is 0 Å². The van der Waals surface area contributed by atoms with E-state index in [1.54, 1.807) is 11.3 Å². The van der Waals surface area contributed by atoms with Crippen molar-refractivity contribution in [1.82, 2.24) is 10.3 Å². The van der Waals surface area contributed by atoms with E-state index in [0.717, 1.165) is 12.2 Å². The third-order valence-corrected chi connectivity index (χ3v) is 2.33. The maximum absolute atomic E-state index is 4.17. The largest absolute Gasteiger partial charge is 0.311 e. The number of aromatic nitrogens is 1. The number of hydrogen-bond donors (Lipinski definition) is 1. The van der Waals surface area contributed by atoms with E-state index < -0.39 is 0 Å². The summed E-state index contributed by atoms with van der Waals surface area (Å²) in [6.45, 7) is 5.39. The number of thiazole rings is 1. The molecule has 3 heteroatoms. The van der Waals surface area contributed by atoms with Crippen LogP contribution >= 0.6 is 11.3 Å². The zero-order valence-electron chi connectivity index (χ0n) is 8.16. The lowest BCUT2D eigenvalue weighted by Crippen LogP contribution is -2.24. The average molecular weight is 196 g/mol. The van der Waals surface area contributed by atoms with Crippen LogP contribution in [-0.2, 0) is 0 Å². The SMILES string of the molecule is CCCNC(C)/C=C/c1cscn1. The standard InChI is InChI=1S/C10H16N2S/c1-3-6-11-9(2)4-5-10-7-13-8-12-10/h4-5,7-9,11H,3,6H2,1-2H3/b5-4+. The molecule has 2 nitrogen and oxygen atoms in total. The Morgan fingerprint density at radius 3 is 3.15 bits per heavy atom. The highest BCUT2D eigenvalue weighted by molar-refractivity contribution is 7.07. The van der Waals surface area contributed by atoms with E-state index in [0.29, 0.717) is 6.04 Å². The van der Waals surface area contributed by atoms with Crippen molar-refractivity contribution >= 4 is 17.4 Å². The minimum atomic E-state index is 0.432. The first-order valence-electron chi connectivity index (χ1n) is 4.62. The lowest BCUT2D eigenvalue weighted by molar-refractivity contribution is 0.625. The van der Waals surface area contributed by atoms with Crippen LogP contribution in [0.5, 0.6) is 0 Å². The summed E-state index contributed by atoms with van der Waals surface area (Å²) >= 11 is 1.63. The van der Waals surface area contributed by atoms with Gasteiger partial charge in [-0.25, -0.2) is 4.98 Å². The van der Waals surface area contributed by atoms with Gasteiger partial charge in [0.2, 0.25) is 0 Å². The molecular weight excluding hydrogens is 180 g/mol. The summed E-state index contributed by atoms with van der Waals surface area (Å²) in [5.41, 5.74) is 2.90. The van der Waals surface area contributed by atoms with E-state index in [1.165, 1.54) is 6.42 Å². The fourth-order valence-electron chi connectivity index (χ4n) is 0.987. The molecule has 1 heterocycles. The van der Waals surface area contributed by atoms with Gasteiger partial charge >= 0.3 is 0 Å². The van der Waals surface area contributed by atoms with Crippen LogP contribution in [0, 0.1) is 0 Å². The van der Waals surface area contributed by atoms with Crippen molar-refractivity contribution in [1.29, 1.82) is 0 Å². The highest BCUT2D eigenvalue weighted by Gasteiger charge is 1.93. The lowest BCUT2D eigenvalue weighted by atomic mass is 10.2. The fraction of sp³-hybridized carbons (Fsp3) is 0.500. The van der Waals surface area contributed by atoms with Crippen molar-refractivity contribution < 1.29 is 0 Å². The predicted molar refractivity (Wildman–Crippen MR) is 58.9 cm³/mol. The Balaban J connectivity index is 2.31. The predicted octanol–water partition coefficient (Wildman–Crippen LogP) is 2.54. The van der Waals surface area contributed by atoms with E-state index in [4.69, 9.17) is 0 Å². The second kappa shape index (κ2) is 5.89. The first-order chi connectivity index (χ1) is 6.33.